The van der Waals surface area contributed by atoms with E-state index in [9.17, 15) is 4.39 Å². The fraction of sp³-hybridized carbons (Fsp3) is 0.357. The molecule has 2 atom stereocenters. The molecule has 0 unspecified atom stereocenters. The quantitative estimate of drug-likeness (QED) is 0.387. The summed E-state index contributed by atoms with van der Waals surface area (Å²) in [5.41, 5.74) is 2.58. The molecule has 0 aliphatic carbocycles. The van der Waals surface area contributed by atoms with Gasteiger partial charge in [0.05, 0.1) is 6.61 Å². The fourth-order valence-electron chi connectivity index (χ4n) is 4.95. The molecule has 0 aromatic heterocycles. The van der Waals surface area contributed by atoms with Crippen molar-refractivity contribution >= 4 is 12.4 Å². The van der Waals surface area contributed by atoms with Crippen LogP contribution in [0.3, 0.4) is 0 Å². The SMILES string of the molecule is Cl.Fc1ccc([C@@H]2CCN(CCCc3ccccc3)C[C@H]2COc2ccc3c(c2)OCO3)cc1. The summed E-state index contributed by atoms with van der Waals surface area (Å²) in [5, 5.41) is 0. The van der Waals surface area contributed by atoms with E-state index in [1.165, 1.54) is 11.1 Å². The highest BCUT2D eigenvalue weighted by molar-refractivity contribution is 5.85. The summed E-state index contributed by atoms with van der Waals surface area (Å²) < 4.78 is 30.6. The molecule has 1 saturated heterocycles. The lowest BCUT2D eigenvalue weighted by Gasteiger charge is -2.39. The third-order valence-corrected chi connectivity index (χ3v) is 6.71. The average Bonchev–Trinajstić information content (AvgIpc) is 3.32. The van der Waals surface area contributed by atoms with Gasteiger partial charge in [0.25, 0.3) is 0 Å². The van der Waals surface area contributed by atoms with E-state index in [0.29, 0.717) is 18.4 Å². The number of aryl methyl sites for hydroxylation is 1. The van der Waals surface area contributed by atoms with Crippen LogP contribution in [-0.2, 0) is 6.42 Å². The summed E-state index contributed by atoms with van der Waals surface area (Å²) in [4.78, 5) is 2.55. The Balaban J connectivity index is 0.00000274. The molecule has 0 spiro atoms. The zero-order valence-corrected chi connectivity index (χ0v) is 20.0. The maximum Gasteiger partial charge on any atom is 0.231 e. The minimum absolute atomic E-state index is 0. The first-order valence-corrected chi connectivity index (χ1v) is 11.8. The summed E-state index contributed by atoms with van der Waals surface area (Å²) >= 11 is 0. The Labute approximate surface area is 207 Å². The third kappa shape index (κ3) is 6.02. The van der Waals surface area contributed by atoms with Gasteiger partial charge < -0.3 is 19.1 Å². The predicted octanol–water partition coefficient (Wildman–Crippen LogP) is 6.09. The van der Waals surface area contributed by atoms with E-state index >= 15 is 0 Å². The highest BCUT2D eigenvalue weighted by Crippen LogP contribution is 2.37. The molecule has 34 heavy (non-hydrogen) atoms. The number of likely N-dealkylation sites (tertiary alicyclic amines) is 1. The number of hydrogen-bond donors (Lipinski definition) is 0. The smallest absolute Gasteiger partial charge is 0.231 e. The lowest BCUT2D eigenvalue weighted by Crippen LogP contribution is -2.42. The highest BCUT2D eigenvalue weighted by Gasteiger charge is 2.31. The predicted molar refractivity (Wildman–Crippen MR) is 134 cm³/mol. The van der Waals surface area contributed by atoms with Crippen molar-refractivity contribution in [3.63, 3.8) is 0 Å². The number of piperidine rings is 1. The van der Waals surface area contributed by atoms with Crippen molar-refractivity contribution in [3.05, 3.63) is 89.7 Å². The Morgan fingerprint density at radius 3 is 2.56 bits per heavy atom. The van der Waals surface area contributed by atoms with Gasteiger partial charge >= 0.3 is 0 Å². The highest BCUT2D eigenvalue weighted by atomic mass is 35.5. The second-order valence-electron chi connectivity index (χ2n) is 8.92. The number of nitrogens with zero attached hydrogens (tertiary/aromatic N) is 1. The number of rotatable bonds is 8. The van der Waals surface area contributed by atoms with E-state index in [4.69, 9.17) is 14.2 Å². The van der Waals surface area contributed by atoms with Crippen molar-refractivity contribution in [1.29, 1.82) is 0 Å². The second-order valence-corrected chi connectivity index (χ2v) is 8.92. The van der Waals surface area contributed by atoms with Gasteiger partial charge in [0, 0.05) is 18.5 Å². The molecule has 3 aromatic carbocycles. The van der Waals surface area contributed by atoms with Crippen LogP contribution in [0.4, 0.5) is 4.39 Å². The number of ether oxygens (including phenoxy) is 3. The maximum absolute atomic E-state index is 13.5. The molecule has 0 bridgehead atoms. The Bertz CT molecular complexity index is 1050. The van der Waals surface area contributed by atoms with Crippen LogP contribution in [0.2, 0.25) is 0 Å². The topological polar surface area (TPSA) is 30.9 Å². The summed E-state index contributed by atoms with van der Waals surface area (Å²) in [6, 6.07) is 23.4. The minimum Gasteiger partial charge on any atom is -0.493 e. The minimum atomic E-state index is -0.190. The summed E-state index contributed by atoms with van der Waals surface area (Å²) in [6.07, 6.45) is 3.28. The monoisotopic (exact) mass is 483 g/mol. The summed E-state index contributed by atoms with van der Waals surface area (Å²) in [6.45, 7) is 3.97. The van der Waals surface area contributed by atoms with Crippen LogP contribution < -0.4 is 14.2 Å². The van der Waals surface area contributed by atoms with E-state index in [-0.39, 0.29) is 25.0 Å². The molecule has 1 fully saturated rings. The molecule has 180 valence electrons. The van der Waals surface area contributed by atoms with E-state index in [1.54, 1.807) is 12.1 Å². The molecular formula is C28H31ClFNO3. The van der Waals surface area contributed by atoms with Gasteiger partial charge in [-0.05, 0) is 73.7 Å². The number of halogens is 2. The van der Waals surface area contributed by atoms with Crippen molar-refractivity contribution in [1.82, 2.24) is 4.90 Å². The van der Waals surface area contributed by atoms with Crippen molar-refractivity contribution in [2.75, 3.05) is 33.0 Å². The number of benzene rings is 3. The zero-order chi connectivity index (χ0) is 22.5. The van der Waals surface area contributed by atoms with Crippen LogP contribution in [0.15, 0.2) is 72.8 Å². The van der Waals surface area contributed by atoms with Crippen molar-refractivity contribution in [2.45, 2.75) is 25.2 Å². The van der Waals surface area contributed by atoms with E-state index < -0.39 is 0 Å². The lowest BCUT2D eigenvalue weighted by molar-refractivity contribution is 0.110. The molecule has 2 heterocycles. The van der Waals surface area contributed by atoms with Crippen LogP contribution in [0.1, 0.15) is 29.9 Å². The van der Waals surface area contributed by atoms with E-state index in [1.807, 2.05) is 30.3 Å². The standard InChI is InChI=1S/C28H30FNO3.ClH/c29-24-10-8-22(9-11-24)26-14-16-30(15-4-7-21-5-2-1-3-6-21)18-23(26)19-31-25-12-13-27-28(17-25)33-20-32-27;/h1-3,5-6,8-13,17,23,26H,4,7,14-16,18-20H2;1H/t23-,26-;/m0./s1. The molecule has 3 aromatic rings. The van der Waals surface area contributed by atoms with Gasteiger partial charge in [-0.3, -0.25) is 0 Å². The van der Waals surface area contributed by atoms with E-state index in [2.05, 4.69) is 35.2 Å². The Morgan fingerprint density at radius 1 is 0.941 bits per heavy atom. The van der Waals surface area contributed by atoms with Crippen LogP contribution in [0.25, 0.3) is 0 Å². The fourth-order valence-corrected chi connectivity index (χ4v) is 4.95. The van der Waals surface area contributed by atoms with E-state index in [0.717, 1.165) is 56.1 Å². The van der Waals surface area contributed by atoms with Gasteiger partial charge in [0.15, 0.2) is 11.5 Å². The third-order valence-electron chi connectivity index (χ3n) is 6.71. The second kappa shape index (κ2) is 11.6. The summed E-state index contributed by atoms with van der Waals surface area (Å²) in [5.74, 6) is 2.77. The average molecular weight is 484 g/mol. The zero-order valence-electron chi connectivity index (χ0n) is 19.2. The molecule has 5 rings (SSSR count). The molecule has 0 amide bonds. The molecule has 0 radical (unpaired) electrons. The van der Waals surface area contributed by atoms with Crippen LogP contribution >= 0.6 is 12.4 Å². The van der Waals surface area contributed by atoms with Gasteiger partial charge in [-0.25, -0.2) is 4.39 Å². The normalized spacial score (nSPS) is 19.4. The van der Waals surface area contributed by atoms with Crippen LogP contribution in [0, 0.1) is 11.7 Å². The van der Waals surface area contributed by atoms with Crippen molar-refractivity contribution < 1.29 is 18.6 Å². The molecule has 4 nitrogen and oxygen atoms in total. The first kappa shape index (κ1) is 24.4. The maximum atomic E-state index is 13.5. The number of hydrogen-bond acceptors (Lipinski definition) is 4. The van der Waals surface area contributed by atoms with Gasteiger partial charge in [-0.15, -0.1) is 12.4 Å². The molecule has 2 aliphatic rings. The van der Waals surface area contributed by atoms with Gasteiger partial charge in [-0.1, -0.05) is 42.5 Å². The van der Waals surface area contributed by atoms with Gasteiger partial charge in [0.1, 0.15) is 11.6 Å². The van der Waals surface area contributed by atoms with Crippen LogP contribution in [0.5, 0.6) is 17.2 Å². The molecule has 0 N–H and O–H groups in total. The largest absolute Gasteiger partial charge is 0.493 e. The lowest BCUT2D eigenvalue weighted by atomic mass is 9.80. The molecular weight excluding hydrogens is 453 g/mol. The molecule has 6 heteroatoms. The number of fused-ring (bicyclic) bond motifs is 1. The van der Waals surface area contributed by atoms with Crippen molar-refractivity contribution in [3.8, 4) is 17.2 Å². The van der Waals surface area contributed by atoms with Gasteiger partial charge in [0.2, 0.25) is 6.79 Å². The van der Waals surface area contributed by atoms with Crippen LogP contribution in [-0.4, -0.2) is 37.9 Å². The molecule has 0 saturated carbocycles. The van der Waals surface area contributed by atoms with Crippen molar-refractivity contribution in [2.24, 2.45) is 5.92 Å². The van der Waals surface area contributed by atoms with Gasteiger partial charge in [-0.2, -0.15) is 0 Å². The Morgan fingerprint density at radius 2 is 1.74 bits per heavy atom. The first-order valence-electron chi connectivity index (χ1n) is 11.8. The first-order chi connectivity index (χ1) is 16.2. The summed E-state index contributed by atoms with van der Waals surface area (Å²) in [7, 11) is 0. The Hall–Kier alpha value is -2.76. The molecule has 2 aliphatic heterocycles. The Kier molecular flexibility index (Phi) is 8.30.